The van der Waals surface area contributed by atoms with Crippen molar-refractivity contribution < 1.29 is 19.6 Å². The molecule has 2 heterocycles. The van der Waals surface area contributed by atoms with E-state index in [0.717, 1.165) is 57.9 Å². The van der Waals surface area contributed by atoms with Crippen LogP contribution >= 0.6 is 0 Å². The van der Waals surface area contributed by atoms with Crippen molar-refractivity contribution in [2.24, 2.45) is 0 Å². The van der Waals surface area contributed by atoms with Gasteiger partial charge in [-0.25, -0.2) is 0 Å². The number of amides is 2. The van der Waals surface area contributed by atoms with E-state index >= 15 is 0 Å². The number of nitrogens with zero attached hydrogens (tertiary/aromatic N) is 4. The average Bonchev–Trinajstić information content (AvgIpc) is 2.72. The van der Waals surface area contributed by atoms with E-state index in [-0.39, 0.29) is 23.2 Å². The zero-order valence-corrected chi connectivity index (χ0v) is 22.5. The molecule has 2 aliphatic rings. The second kappa shape index (κ2) is 11.4. The van der Waals surface area contributed by atoms with Crippen LogP contribution in [-0.2, 0) is 14.4 Å². The summed E-state index contributed by atoms with van der Waals surface area (Å²) in [6, 6.07) is 0.270. The van der Waals surface area contributed by atoms with Crippen LogP contribution in [0.15, 0.2) is 12.3 Å². The van der Waals surface area contributed by atoms with Gasteiger partial charge >= 0.3 is 0 Å². The summed E-state index contributed by atoms with van der Waals surface area (Å²) < 4.78 is 0. The number of carbonyl (C=O) groups is 2. The summed E-state index contributed by atoms with van der Waals surface area (Å²) in [7, 11) is 1.72. The molecule has 0 bridgehead atoms. The van der Waals surface area contributed by atoms with Crippen LogP contribution in [0.25, 0.3) is 0 Å². The standard InChI is InChI=1S/C26H48N4O4/c1-21-15-22(16-24(2,3)29(21)33)27(19-31)13-11-9-10-12-14-28(20-32)23-17-25(4,5)30(34-8)26(6,7)18-23/h19-20,22-23,33H,1,9-18H2,2-8H3. The van der Waals surface area contributed by atoms with E-state index in [1.165, 1.54) is 5.06 Å². The minimum absolute atomic E-state index is 0.0682. The Morgan fingerprint density at radius 2 is 1.32 bits per heavy atom. The van der Waals surface area contributed by atoms with E-state index in [9.17, 15) is 14.8 Å². The van der Waals surface area contributed by atoms with Gasteiger partial charge in [0.1, 0.15) is 0 Å². The van der Waals surface area contributed by atoms with Crippen LogP contribution in [0.3, 0.4) is 0 Å². The molecule has 2 fully saturated rings. The van der Waals surface area contributed by atoms with E-state index in [4.69, 9.17) is 4.84 Å². The molecule has 0 aromatic carbocycles. The number of unbranched alkanes of at least 4 members (excludes halogenated alkanes) is 3. The molecule has 0 aromatic rings. The maximum absolute atomic E-state index is 11.9. The largest absolute Gasteiger partial charge is 0.342 e. The fraction of sp³-hybridized carbons (Fsp3) is 0.846. The highest BCUT2D eigenvalue weighted by atomic mass is 16.7. The number of rotatable bonds is 12. The van der Waals surface area contributed by atoms with Crippen LogP contribution in [0.5, 0.6) is 0 Å². The van der Waals surface area contributed by atoms with Gasteiger partial charge in [0.15, 0.2) is 0 Å². The van der Waals surface area contributed by atoms with E-state index in [1.807, 2.05) is 23.6 Å². The second-order valence-electron chi connectivity index (χ2n) is 12.0. The highest BCUT2D eigenvalue weighted by molar-refractivity contribution is 5.48. The Morgan fingerprint density at radius 3 is 1.74 bits per heavy atom. The summed E-state index contributed by atoms with van der Waals surface area (Å²) in [5, 5.41) is 13.5. The van der Waals surface area contributed by atoms with Gasteiger partial charge in [0, 0.05) is 48.4 Å². The van der Waals surface area contributed by atoms with Gasteiger partial charge in [-0.1, -0.05) is 19.4 Å². The Hall–Kier alpha value is -1.64. The fourth-order valence-electron chi connectivity index (χ4n) is 6.28. The Kier molecular flexibility index (Phi) is 9.59. The van der Waals surface area contributed by atoms with Crippen LogP contribution in [0, 0.1) is 0 Å². The molecule has 0 saturated carbocycles. The van der Waals surface area contributed by atoms with E-state index in [1.54, 1.807) is 7.11 Å². The lowest BCUT2D eigenvalue weighted by molar-refractivity contribution is -0.271. The van der Waals surface area contributed by atoms with Crippen molar-refractivity contribution in [3.63, 3.8) is 0 Å². The molecule has 34 heavy (non-hydrogen) atoms. The monoisotopic (exact) mass is 480 g/mol. The van der Waals surface area contributed by atoms with E-state index in [0.29, 0.717) is 25.1 Å². The topological polar surface area (TPSA) is 76.6 Å². The molecular weight excluding hydrogens is 432 g/mol. The Balaban J connectivity index is 1.78. The third kappa shape index (κ3) is 6.73. The molecule has 2 saturated heterocycles. The molecule has 2 rings (SSSR count). The normalized spacial score (nSPS) is 24.6. The molecule has 1 atom stereocenters. The summed E-state index contributed by atoms with van der Waals surface area (Å²) in [5.74, 6) is 0. The van der Waals surface area contributed by atoms with Gasteiger partial charge in [0.25, 0.3) is 0 Å². The lowest BCUT2D eigenvalue weighted by atomic mass is 9.78. The average molecular weight is 481 g/mol. The molecule has 2 aliphatic heterocycles. The molecule has 0 aromatic heterocycles. The first kappa shape index (κ1) is 28.6. The molecule has 1 N–H and O–H groups in total. The molecule has 0 radical (unpaired) electrons. The minimum atomic E-state index is -0.428. The zero-order valence-electron chi connectivity index (χ0n) is 22.5. The Labute approximate surface area is 206 Å². The predicted octanol–water partition coefficient (Wildman–Crippen LogP) is 4.19. The van der Waals surface area contributed by atoms with Gasteiger partial charge in [0.05, 0.1) is 12.6 Å². The fourth-order valence-corrected chi connectivity index (χ4v) is 6.28. The Bertz CT molecular complexity index is 691. The van der Waals surface area contributed by atoms with Gasteiger partial charge in [-0.05, 0) is 73.6 Å². The van der Waals surface area contributed by atoms with Crippen molar-refractivity contribution in [3.8, 4) is 0 Å². The van der Waals surface area contributed by atoms with Crippen LogP contribution < -0.4 is 0 Å². The first-order valence-corrected chi connectivity index (χ1v) is 12.7. The smallest absolute Gasteiger partial charge is 0.209 e. The lowest BCUT2D eigenvalue weighted by Gasteiger charge is -2.54. The first-order valence-electron chi connectivity index (χ1n) is 12.7. The summed E-state index contributed by atoms with van der Waals surface area (Å²) in [6.07, 6.45) is 8.94. The number of hydroxylamine groups is 4. The number of hydrogen-bond acceptors (Lipinski definition) is 6. The van der Waals surface area contributed by atoms with Crippen molar-refractivity contribution in [1.29, 1.82) is 0 Å². The van der Waals surface area contributed by atoms with Crippen LogP contribution in [-0.4, -0.2) is 86.9 Å². The molecule has 8 heteroatoms. The second-order valence-corrected chi connectivity index (χ2v) is 12.0. The summed E-state index contributed by atoms with van der Waals surface area (Å²) in [6.45, 7) is 18.0. The SMILES string of the molecule is C=C1CC(N(C=O)CCCCCCN(C=O)C2CC(C)(C)N(OC)C(C)(C)C2)CC(C)(C)N1O. The molecular formula is C26H48N4O4. The first-order chi connectivity index (χ1) is 15.8. The predicted molar refractivity (Wildman–Crippen MR) is 134 cm³/mol. The highest BCUT2D eigenvalue weighted by Gasteiger charge is 2.47. The van der Waals surface area contributed by atoms with Crippen LogP contribution in [0.4, 0.5) is 0 Å². The quantitative estimate of drug-likeness (QED) is 0.333. The maximum atomic E-state index is 11.9. The van der Waals surface area contributed by atoms with Crippen molar-refractivity contribution >= 4 is 12.8 Å². The van der Waals surface area contributed by atoms with E-state index in [2.05, 4.69) is 39.3 Å². The summed E-state index contributed by atoms with van der Waals surface area (Å²) >= 11 is 0. The van der Waals surface area contributed by atoms with Gasteiger partial charge in [-0.15, -0.1) is 0 Å². The van der Waals surface area contributed by atoms with Crippen molar-refractivity contribution in [3.05, 3.63) is 12.3 Å². The van der Waals surface area contributed by atoms with E-state index < -0.39 is 5.54 Å². The molecule has 196 valence electrons. The lowest BCUT2D eigenvalue weighted by Crippen LogP contribution is -2.63. The number of piperidine rings is 2. The molecule has 8 nitrogen and oxygen atoms in total. The maximum Gasteiger partial charge on any atom is 0.209 e. The van der Waals surface area contributed by atoms with Gasteiger partial charge < -0.3 is 14.6 Å². The molecule has 0 spiro atoms. The van der Waals surface area contributed by atoms with Gasteiger partial charge in [-0.3, -0.25) is 19.9 Å². The van der Waals surface area contributed by atoms with Gasteiger partial charge in [0.2, 0.25) is 12.8 Å². The third-order valence-electron chi connectivity index (χ3n) is 7.62. The molecule has 1 unspecified atom stereocenters. The summed E-state index contributed by atoms with van der Waals surface area (Å²) in [5.41, 5.74) is -0.0635. The number of carbonyl (C=O) groups excluding carboxylic acids is 2. The highest BCUT2D eigenvalue weighted by Crippen LogP contribution is 2.40. The molecule has 2 amide bonds. The summed E-state index contributed by atoms with van der Waals surface area (Å²) in [4.78, 5) is 33.2. The van der Waals surface area contributed by atoms with Crippen molar-refractivity contribution in [1.82, 2.24) is 19.9 Å². The zero-order chi connectivity index (χ0) is 25.7. The molecule has 0 aliphatic carbocycles. The minimum Gasteiger partial charge on any atom is -0.342 e. The van der Waals surface area contributed by atoms with Crippen molar-refractivity contribution in [2.45, 2.75) is 122 Å². The number of hydrogen-bond donors (Lipinski definition) is 1. The van der Waals surface area contributed by atoms with Crippen LogP contribution in [0.2, 0.25) is 0 Å². The Morgan fingerprint density at radius 1 is 0.882 bits per heavy atom. The van der Waals surface area contributed by atoms with Crippen LogP contribution in [0.1, 0.15) is 92.9 Å². The van der Waals surface area contributed by atoms with Gasteiger partial charge in [-0.2, -0.15) is 5.06 Å². The van der Waals surface area contributed by atoms with Crippen molar-refractivity contribution in [2.75, 3.05) is 20.2 Å². The third-order valence-corrected chi connectivity index (χ3v) is 7.62.